The van der Waals surface area contributed by atoms with Gasteiger partial charge in [0, 0.05) is 11.3 Å². The Labute approximate surface area is 212 Å². The van der Waals surface area contributed by atoms with Gasteiger partial charge < -0.3 is 9.72 Å². The Morgan fingerprint density at radius 3 is 2.50 bits per heavy atom. The molecule has 1 amide bonds. The molecule has 3 heterocycles. The number of benzene rings is 2. The lowest BCUT2D eigenvalue weighted by atomic mass is 9.93. The van der Waals surface area contributed by atoms with Crippen molar-refractivity contribution in [3.63, 3.8) is 0 Å². The third-order valence-corrected chi connectivity index (χ3v) is 6.86. The fraction of sp³-hybridized carbons (Fsp3) is 0.414. The van der Waals surface area contributed by atoms with Crippen LogP contribution < -0.4 is 9.64 Å². The molecule has 1 aliphatic carbocycles. The molecule has 2 aromatic carbocycles. The van der Waals surface area contributed by atoms with E-state index in [1.807, 2.05) is 46.8 Å². The summed E-state index contributed by atoms with van der Waals surface area (Å²) in [6.45, 7) is 9.06. The van der Waals surface area contributed by atoms with Gasteiger partial charge in [-0.05, 0) is 68.5 Å². The summed E-state index contributed by atoms with van der Waals surface area (Å²) >= 11 is 0. The van der Waals surface area contributed by atoms with Gasteiger partial charge in [-0.1, -0.05) is 39.3 Å². The van der Waals surface area contributed by atoms with Crippen LogP contribution in [-0.2, 0) is 0 Å². The molecule has 1 saturated carbocycles. The molecule has 7 nitrogen and oxygen atoms in total. The summed E-state index contributed by atoms with van der Waals surface area (Å²) in [5.74, 6) is 0.852. The Balaban J connectivity index is 0.000000848. The third kappa shape index (κ3) is 4.16. The predicted molar refractivity (Wildman–Crippen MR) is 143 cm³/mol. The van der Waals surface area contributed by atoms with E-state index in [9.17, 15) is 4.79 Å². The second-order valence-electron chi connectivity index (χ2n) is 9.68. The quantitative estimate of drug-likeness (QED) is 0.328. The number of imidazole rings is 1. The van der Waals surface area contributed by atoms with Crippen molar-refractivity contribution in [2.24, 2.45) is 0 Å². The highest BCUT2D eigenvalue weighted by molar-refractivity contribution is 6.11. The predicted octanol–water partition coefficient (Wildman–Crippen LogP) is 6.75. The van der Waals surface area contributed by atoms with Crippen molar-refractivity contribution in [1.29, 1.82) is 0 Å². The zero-order chi connectivity index (χ0) is 25.2. The fourth-order valence-corrected chi connectivity index (χ4v) is 4.98. The molecule has 1 N–H and O–H groups in total. The maximum Gasteiger partial charge on any atom is 0.277 e. The van der Waals surface area contributed by atoms with Crippen molar-refractivity contribution in [3.8, 4) is 5.75 Å². The summed E-state index contributed by atoms with van der Waals surface area (Å²) in [7, 11) is 0. The molecule has 7 heteroatoms. The summed E-state index contributed by atoms with van der Waals surface area (Å²) in [6, 6.07) is 14.2. The number of hydrogen-bond acceptors (Lipinski definition) is 4. The average molecular weight is 486 g/mol. The second-order valence-corrected chi connectivity index (χ2v) is 9.68. The number of carbonyl (C=O) groups is 1. The zero-order valence-corrected chi connectivity index (χ0v) is 21.6. The molecule has 0 bridgehead atoms. The van der Waals surface area contributed by atoms with Crippen LogP contribution in [0, 0.1) is 6.92 Å². The Kier molecular flexibility index (Phi) is 6.81. The maximum atomic E-state index is 14.0. The number of H-pyrrole nitrogens is 1. The van der Waals surface area contributed by atoms with Crippen LogP contribution in [0.25, 0.3) is 11.0 Å². The number of rotatable bonds is 6. The zero-order valence-electron chi connectivity index (χ0n) is 21.6. The Bertz CT molecular complexity index is 1350. The first-order valence-corrected chi connectivity index (χ1v) is 13.2. The van der Waals surface area contributed by atoms with E-state index < -0.39 is 0 Å². The topological polar surface area (TPSA) is 76.0 Å². The Morgan fingerprint density at radius 2 is 1.83 bits per heavy atom. The van der Waals surface area contributed by atoms with Gasteiger partial charge in [0.2, 0.25) is 0 Å². The molecule has 188 valence electrons. The lowest BCUT2D eigenvalue weighted by molar-refractivity contribution is 0.0976. The first-order chi connectivity index (χ1) is 17.6. The van der Waals surface area contributed by atoms with Crippen LogP contribution in [0.4, 0.5) is 5.69 Å². The molecule has 0 spiro atoms. The van der Waals surface area contributed by atoms with E-state index in [-0.39, 0.29) is 11.9 Å². The monoisotopic (exact) mass is 485 g/mol. The smallest absolute Gasteiger partial charge is 0.277 e. The highest BCUT2D eigenvalue weighted by atomic mass is 16.5. The summed E-state index contributed by atoms with van der Waals surface area (Å²) in [6.07, 6.45) is 7.24. The fourth-order valence-electron chi connectivity index (χ4n) is 4.98. The SMILES string of the molecule is CCC.CCCOc1ccc(C2c3c(C)nn(C4CCC4)c3C(=O)N2c2ccc3nc[nH]c3c2)cc1. The molecule has 4 aromatic rings. The van der Waals surface area contributed by atoms with Crippen molar-refractivity contribution in [1.82, 2.24) is 19.7 Å². The molecule has 1 unspecified atom stereocenters. The van der Waals surface area contributed by atoms with E-state index >= 15 is 0 Å². The van der Waals surface area contributed by atoms with Crippen molar-refractivity contribution < 1.29 is 9.53 Å². The van der Waals surface area contributed by atoms with Crippen LogP contribution in [0.5, 0.6) is 5.75 Å². The molecule has 1 atom stereocenters. The number of ether oxygens (including phenoxy) is 1. The van der Waals surface area contributed by atoms with E-state index in [1.54, 1.807) is 6.33 Å². The van der Waals surface area contributed by atoms with Crippen LogP contribution in [-0.4, -0.2) is 32.3 Å². The number of aryl methyl sites for hydroxylation is 1. The number of nitrogens with zero attached hydrogens (tertiary/aromatic N) is 4. The molecule has 36 heavy (non-hydrogen) atoms. The van der Waals surface area contributed by atoms with E-state index in [4.69, 9.17) is 9.84 Å². The van der Waals surface area contributed by atoms with Crippen LogP contribution in [0.3, 0.4) is 0 Å². The standard InChI is InChI=1S/C26H27N5O2.C3H8/c1-3-13-33-20-10-7-17(8-11-20)24-23-16(2)29-31(18-5-4-6-18)25(23)26(32)30(24)19-9-12-21-22(14-19)28-15-27-21;1-3-2/h7-12,14-15,18,24H,3-6,13H2,1-2H3,(H,27,28);3H2,1-2H3. The minimum atomic E-state index is -0.234. The average Bonchev–Trinajstić information content (AvgIpc) is 3.52. The number of carbonyl (C=O) groups excluding carboxylic acids is 1. The molecule has 6 rings (SSSR count). The van der Waals surface area contributed by atoms with Gasteiger partial charge in [-0.15, -0.1) is 0 Å². The largest absolute Gasteiger partial charge is 0.494 e. The number of aromatic amines is 1. The van der Waals surface area contributed by atoms with Gasteiger partial charge in [-0.25, -0.2) is 4.98 Å². The molecular formula is C29H35N5O2. The van der Waals surface area contributed by atoms with E-state index in [0.717, 1.165) is 64.2 Å². The highest BCUT2D eigenvalue weighted by Gasteiger charge is 2.45. The number of aromatic nitrogens is 4. The van der Waals surface area contributed by atoms with Crippen LogP contribution in [0.1, 0.15) is 92.3 Å². The third-order valence-electron chi connectivity index (χ3n) is 6.86. The van der Waals surface area contributed by atoms with Gasteiger partial charge in [-0.3, -0.25) is 14.4 Å². The van der Waals surface area contributed by atoms with Gasteiger partial charge in [0.1, 0.15) is 11.4 Å². The molecule has 0 radical (unpaired) electrons. The number of anilines is 1. The van der Waals surface area contributed by atoms with Crippen LogP contribution in [0.15, 0.2) is 48.8 Å². The second kappa shape index (κ2) is 10.2. The van der Waals surface area contributed by atoms with Crippen molar-refractivity contribution >= 4 is 22.6 Å². The summed E-state index contributed by atoms with van der Waals surface area (Å²) < 4.78 is 7.78. The summed E-state index contributed by atoms with van der Waals surface area (Å²) in [5.41, 5.74) is 6.36. The molecule has 2 aliphatic rings. The number of fused-ring (bicyclic) bond motifs is 2. The number of hydrogen-bond donors (Lipinski definition) is 1. The first kappa shape index (κ1) is 24.1. The summed E-state index contributed by atoms with van der Waals surface area (Å²) in [5, 5.41) is 4.84. The van der Waals surface area contributed by atoms with Gasteiger partial charge in [0.25, 0.3) is 5.91 Å². The summed E-state index contributed by atoms with van der Waals surface area (Å²) in [4.78, 5) is 23.4. The van der Waals surface area contributed by atoms with E-state index in [2.05, 4.69) is 42.9 Å². The van der Waals surface area contributed by atoms with Gasteiger partial charge in [0.05, 0.1) is 41.7 Å². The Hall–Kier alpha value is -3.61. The molecule has 0 saturated heterocycles. The van der Waals surface area contributed by atoms with Crippen LogP contribution >= 0.6 is 0 Å². The molecule has 1 fully saturated rings. The first-order valence-electron chi connectivity index (χ1n) is 13.2. The molecule has 2 aromatic heterocycles. The molecular weight excluding hydrogens is 450 g/mol. The number of nitrogens with one attached hydrogen (secondary N) is 1. The van der Waals surface area contributed by atoms with Crippen molar-refractivity contribution in [2.45, 2.75) is 71.9 Å². The minimum Gasteiger partial charge on any atom is -0.494 e. The number of amides is 1. The van der Waals surface area contributed by atoms with Crippen molar-refractivity contribution in [3.05, 3.63) is 71.3 Å². The van der Waals surface area contributed by atoms with Crippen molar-refractivity contribution in [2.75, 3.05) is 11.5 Å². The van der Waals surface area contributed by atoms with E-state index in [1.165, 1.54) is 12.8 Å². The highest BCUT2D eigenvalue weighted by Crippen LogP contribution is 2.46. The lowest BCUT2D eigenvalue weighted by Gasteiger charge is -2.28. The minimum absolute atomic E-state index is 0.00711. The molecule has 1 aliphatic heterocycles. The normalized spacial score (nSPS) is 17.1. The lowest BCUT2D eigenvalue weighted by Crippen LogP contribution is -2.31. The van der Waals surface area contributed by atoms with Crippen LogP contribution in [0.2, 0.25) is 0 Å². The van der Waals surface area contributed by atoms with E-state index in [0.29, 0.717) is 12.6 Å². The van der Waals surface area contributed by atoms with Gasteiger partial charge in [-0.2, -0.15) is 5.10 Å². The van der Waals surface area contributed by atoms with Gasteiger partial charge in [0.15, 0.2) is 0 Å². The Morgan fingerprint density at radius 1 is 1.08 bits per heavy atom. The maximum absolute atomic E-state index is 14.0. The van der Waals surface area contributed by atoms with Gasteiger partial charge >= 0.3 is 0 Å².